The molecule has 2 fully saturated rings. The molecule has 0 aromatic rings. The molecule has 5 N–H and O–H groups in total. The molecule has 10 atom stereocenters. The lowest BCUT2D eigenvalue weighted by Crippen LogP contribution is -2.89. The number of ether oxygens (including phenoxy) is 6. The van der Waals surface area contributed by atoms with Gasteiger partial charge in [-0.05, 0) is 36.7 Å². The van der Waals surface area contributed by atoms with Crippen molar-refractivity contribution in [2.75, 3.05) is 13.2 Å². The van der Waals surface area contributed by atoms with Crippen LogP contribution in [0, 0.1) is 0 Å². The minimum atomic E-state index is -3.72. The summed E-state index contributed by atoms with van der Waals surface area (Å²) in [6.45, 7) is 2.17. The number of aliphatic hydroxyl groups excluding tert-OH is 5. The molecule has 0 spiro atoms. The summed E-state index contributed by atoms with van der Waals surface area (Å²) < 4.78 is 29.6. The minimum absolute atomic E-state index is 0.631. The third kappa shape index (κ3) is 5.42. The summed E-state index contributed by atoms with van der Waals surface area (Å²) in [6, 6.07) is 0. The highest BCUT2D eigenvalue weighted by molar-refractivity contribution is 9.10. The molecular weight excluding hydrogens is 680 g/mol. The number of carbonyl (C=O) groups is 7. The van der Waals surface area contributed by atoms with Crippen LogP contribution in [0.5, 0.6) is 0 Å². The Morgan fingerprint density at radius 2 is 1.16 bits per heavy atom. The molecule has 0 aromatic carbocycles. The maximum Gasteiger partial charge on any atom is 0.304 e. The first-order valence-electron chi connectivity index (χ1n) is 13.2. The zero-order chi connectivity index (χ0) is 35.1. The molecule has 19 heteroatoms. The second-order valence-corrected chi connectivity index (χ2v) is 11.6. The molecule has 2 heterocycles. The summed E-state index contributed by atoms with van der Waals surface area (Å²) in [6.07, 6.45) is -12.1. The summed E-state index contributed by atoms with van der Waals surface area (Å²) in [5, 5.41) is 53.5. The van der Waals surface area contributed by atoms with E-state index in [1.54, 1.807) is 0 Å². The number of Topliss-reactive ketones (excluding diaryl/α,β-unsaturated/α-hetero) is 4. The fraction of sp³-hybridized carbons (Fsp3) is 0.731. The third-order valence-corrected chi connectivity index (χ3v) is 8.73. The predicted octanol–water partition coefficient (Wildman–Crippen LogP) is -3.13. The van der Waals surface area contributed by atoms with E-state index in [0.717, 1.165) is 13.8 Å². The van der Waals surface area contributed by atoms with Crippen LogP contribution in [0.3, 0.4) is 0 Å². The average Bonchev–Trinajstić information content (AvgIpc) is 2.90. The number of carbonyl (C=O) groups excluding carboxylic acids is 7. The average molecular weight is 715 g/mol. The molecular formula is C26H35BrO18. The molecule has 0 aromatic heterocycles. The molecule has 2 saturated heterocycles. The van der Waals surface area contributed by atoms with E-state index >= 15 is 0 Å². The molecule has 0 amide bonds. The highest BCUT2D eigenvalue weighted by Crippen LogP contribution is 2.57. The van der Waals surface area contributed by atoms with E-state index in [9.17, 15) is 59.1 Å². The first-order valence-corrected chi connectivity index (χ1v) is 14.0. The molecule has 0 unspecified atom stereocenters. The largest absolute Gasteiger partial charge is 0.444 e. The molecule has 2 aliphatic heterocycles. The highest BCUT2D eigenvalue weighted by atomic mass is 79.9. The fourth-order valence-corrected chi connectivity index (χ4v) is 7.05. The van der Waals surface area contributed by atoms with E-state index in [4.69, 9.17) is 28.4 Å². The van der Waals surface area contributed by atoms with Gasteiger partial charge in [-0.1, -0.05) is 0 Å². The van der Waals surface area contributed by atoms with E-state index in [-0.39, 0.29) is 0 Å². The zero-order valence-electron chi connectivity index (χ0n) is 25.2. The quantitative estimate of drug-likeness (QED) is 0.0804. The van der Waals surface area contributed by atoms with Crippen LogP contribution < -0.4 is 0 Å². The van der Waals surface area contributed by atoms with Gasteiger partial charge in [-0.15, -0.1) is 0 Å². The molecule has 0 aliphatic carbocycles. The molecule has 254 valence electrons. The summed E-state index contributed by atoms with van der Waals surface area (Å²) in [4.78, 5) is 92.5. The van der Waals surface area contributed by atoms with Gasteiger partial charge in [0, 0.05) is 27.7 Å². The van der Waals surface area contributed by atoms with Crippen LogP contribution in [0.2, 0.25) is 0 Å². The Hall–Kier alpha value is -2.75. The normalized spacial score (nSPS) is 39.7. The van der Waals surface area contributed by atoms with Crippen molar-refractivity contribution >= 4 is 57.0 Å². The predicted molar refractivity (Wildman–Crippen MR) is 144 cm³/mol. The summed E-state index contributed by atoms with van der Waals surface area (Å²) in [5.41, 5.74) is -10.5. The van der Waals surface area contributed by atoms with Crippen LogP contribution in [-0.4, -0.2) is 138 Å². The van der Waals surface area contributed by atoms with Crippen molar-refractivity contribution in [2.45, 2.75) is 106 Å². The Morgan fingerprint density at radius 3 is 1.51 bits per heavy atom. The van der Waals surface area contributed by atoms with Crippen LogP contribution in [-0.2, 0) is 62.0 Å². The number of hydrogen-bond donors (Lipinski definition) is 5. The first kappa shape index (κ1) is 38.4. The molecule has 45 heavy (non-hydrogen) atoms. The molecule has 2 rings (SSSR count). The maximum absolute atomic E-state index is 13.9. The van der Waals surface area contributed by atoms with Gasteiger partial charge < -0.3 is 54.0 Å². The topological polar surface area (TPSA) is 276 Å². The molecule has 0 saturated carbocycles. The lowest BCUT2D eigenvalue weighted by atomic mass is 9.66. The summed E-state index contributed by atoms with van der Waals surface area (Å²) in [7, 11) is 0. The van der Waals surface area contributed by atoms with Gasteiger partial charge in [0.25, 0.3) is 11.4 Å². The molecule has 18 nitrogen and oxygen atoms in total. The number of esters is 3. The Labute approximate surface area is 264 Å². The second kappa shape index (κ2) is 13.2. The molecule has 0 radical (unpaired) electrons. The van der Waals surface area contributed by atoms with Crippen LogP contribution in [0.25, 0.3) is 0 Å². The summed E-state index contributed by atoms with van der Waals surface area (Å²) in [5.74, 6) is -13.8. The Kier molecular flexibility index (Phi) is 11.2. The third-order valence-electron chi connectivity index (χ3n) is 7.54. The van der Waals surface area contributed by atoms with Gasteiger partial charge in [0.1, 0.15) is 18.3 Å². The monoisotopic (exact) mass is 714 g/mol. The Bertz CT molecular complexity index is 1270. The van der Waals surface area contributed by atoms with Crippen molar-refractivity contribution in [1.82, 2.24) is 0 Å². The molecule has 2 aliphatic rings. The number of ketones is 4. The number of halogens is 1. The highest BCUT2D eigenvalue weighted by Gasteiger charge is 2.86. The van der Waals surface area contributed by atoms with Crippen molar-refractivity contribution in [3.05, 3.63) is 0 Å². The number of hydrogen-bond acceptors (Lipinski definition) is 18. The lowest BCUT2D eigenvalue weighted by molar-refractivity contribution is -0.428. The van der Waals surface area contributed by atoms with Crippen molar-refractivity contribution in [3.63, 3.8) is 0 Å². The number of aliphatic hydroxyl groups is 5. The first-order chi connectivity index (χ1) is 20.6. The van der Waals surface area contributed by atoms with Crippen molar-refractivity contribution in [3.8, 4) is 0 Å². The standard InChI is InChI=1S/C26H35BrO18/c1-10(30)22(18(9-29)40-21(39)20(38)23(22,11(2)31)41-14(5)34)45-26(13(4)33)24(12(3)32,42-15(6)35)25(27,43-16(7)36)19(37)17(8-28)44-26/h17-21,28-29,37-39H,8-9H2,1-7H3/t17-,18-,19-,20+,21-,22-,23-,24-,25+,26-/m1/s1. The van der Waals surface area contributed by atoms with Crippen molar-refractivity contribution < 1.29 is 87.5 Å². The fourth-order valence-electron chi connectivity index (χ4n) is 5.91. The van der Waals surface area contributed by atoms with E-state index < -0.39 is 112 Å². The van der Waals surface area contributed by atoms with Crippen LogP contribution in [0.1, 0.15) is 48.5 Å². The second-order valence-electron chi connectivity index (χ2n) is 10.4. The van der Waals surface area contributed by atoms with Crippen LogP contribution in [0.4, 0.5) is 0 Å². The zero-order valence-corrected chi connectivity index (χ0v) is 26.8. The van der Waals surface area contributed by atoms with Gasteiger partial charge in [0.2, 0.25) is 15.7 Å². The van der Waals surface area contributed by atoms with Gasteiger partial charge in [-0.25, -0.2) is 0 Å². The van der Waals surface area contributed by atoms with Gasteiger partial charge in [0.05, 0.1) is 13.2 Å². The van der Waals surface area contributed by atoms with Gasteiger partial charge in [-0.3, -0.25) is 33.6 Å². The van der Waals surface area contributed by atoms with Crippen molar-refractivity contribution in [2.24, 2.45) is 0 Å². The minimum Gasteiger partial charge on any atom is -0.444 e. The molecule has 0 bridgehead atoms. The van der Waals surface area contributed by atoms with Crippen LogP contribution in [0.15, 0.2) is 0 Å². The van der Waals surface area contributed by atoms with Gasteiger partial charge in [-0.2, -0.15) is 0 Å². The van der Waals surface area contributed by atoms with E-state index in [1.165, 1.54) is 0 Å². The summed E-state index contributed by atoms with van der Waals surface area (Å²) >= 11 is 2.89. The van der Waals surface area contributed by atoms with E-state index in [2.05, 4.69) is 15.9 Å². The number of alkyl halides is 1. The SMILES string of the molecule is CC(=O)O[C@@]1(C(C)=O)[C@](O[C@]2(C(C)=O)[C@@H](CO)O[C@@H](O)[C@H](O)[C@]2(OC(C)=O)C(C)=O)(C(C)=O)O[C@H](CO)[C@@H](O)[C@]1(Br)OC(C)=O. The Balaban J connectivity index is 3.37. The lowest BCUT2D eigenvalue weighted by Gasteiger charge is -2.62. The Morgan fingerprint density at radius 1 is 0.667 bits per heavy atom. The maximum atomic E-state index is 13.9. The van der Waals surface area contributed by atoms with Gasteiger partial charge >= 0.3 is 17.9 Å². The smallest absolute Gasteiger partial charge is 0.304 e. The number of rotatable bonds is 11. The van der Waals surface area contributed by atoms with Crippen LogP contribution >= 0.6 is 15.9 Å². The van der Waals surface area contributed by atoms with E-state index in [1.807, 2.05) is 0 Å². The van der Waals surface area contributed by atoms with E-state index in [0.29, 0.717) is 34.6 Å². The van der Waals surface area contributed by atoms with Crippen molar-refractivity contribution in [1.29, 1.82) is 0 Å². The van der Waals surface area contributed by atoms with Gasteiger partial charge in [0.15, 0.2) is 35.5 Å².